The Kier molecular flexibility index (Phi) is 6.38. The number of thiocarbonyl (C=S) groups is 1. The lowest BCUT2D eigenvalue weighted by atomic mass is 9.88. The summed E-state index contributed by atoms with van der Waals surface area (Å²) >= 11 is 8.87. The van der Waals surface area contributed by atoms with Crippen LogP contribution in [0.15, 0.2) is 42.5 Å². The monoisotopic (exact) mass is 507 g/mol. The number of nitrogens with one attached hydrogen (secondary N) is 2. The van der Waals surface area contributed by atoms with Gasteiger partial charge in [0.05, 0.1) is 22.9 Å². The molecule has 2 aromatic carbocycles. The molecule has 0 spiro atoms. The lowest BCUT2D eigenvalue weighted by molar-refractivity contribution is 0.0601. The second-order valence-electron chi connectivity index (χ2n) is 8.69. The molecule has 5 nitrogen and oxygen atoms in total. The fourth-order valence-electron chi connectivity index (χ4n) is 4.27. The number of thiophene rings is 1. The average Bonchev–Trinajstić information content (AvgIpc) is 3.39. The highest BCUT2D eigenvalue weighted by atomic mass is 32.1. The maximum atomic E-state index is 12.5. The zero-order chi connectivity index (χ0) is 23.8. The maximum Gasteiger partial charge on any atom is 0.341 e. The number of carbonyl (C=O) groups excluding carboxylic acids is 1. The molecule has 0 fully saturated rings. The Labute approximate surface area is 212 Å². The zero-order valence-corrected chi connectivity index (χ0v) is 21.7. The second-order valence-corrected chi connectivity index (χ2v) is 11.2. The van der Waals surface area contributed by atoms with Crippen LogP contribution in [0, 0.1) is 12.8 Å². The Bertz CT molecular complexity index is 1390. The van der Waals surface area contributed by atoms with Crippen LogP contribution in [-0.2, 0) is 17.6 Å². The smallest absolute Gasteiger partial charge is 0.341 e. The topological polar surface area (TPSA) is 63.2 Å². The minimum absolute atomic E-state index is 0.312. The summed E-state index contributed by atoms with van der Waals surface area (Å²) in [6.45, 7) is 4.34. The number of aromatic nitrogens is 1. The number of carbonyl (C=O) groups is 1. The SMILES string of the molecule is COC(=O)c1c(NC(=S)Nc2ccc(-c3nc4ccc(C)cc4s3)cc2)sc2c1CCC(C)C2. The van der Waals surface area contributed by atoms with E-state index in [-0.39, 0.29) is 5.97 Å². The summed E-state index contributed by atoms with van der Waals surface area (Å²) in [6.07, 6.45) is 2.96. The summed E-state index contributed by atoms with van der Waals surface area (Å²) in [5.41, 5.74) is 5.92. The normalized spacial score (nSPS) is 15.1. The van der Waals surface area contributed by atoms with E-state index in [9.17, 15) is 4.79 Å². The van der Waals surface area contributed by atoms with E-state index in [1.165, 1.54) is 22.3 Å². The Morgan fingerprint density at radius 1 is 1.15 bits per heavy atom. The highest BCUT2D eigenvalue weighted by Gasteiger charge is 2.28. The molecule has 8 heteroatoms. The van der Waals surface area contributed by atoms with Crippen molar-refractivity contribution in [3.8, 4) is 10.6 Å². The Balaban J connectivity index is 1.31. The van der Waals surface area contributed by atoms with Gasteiger partial charge >= 0.3 is 5.97 Å². The van der Waals surface area contributed by atoms with E-state index < -0.39 is 0 Å². The third-order valence-corrected chi connectivity index (χ3v) is 8.50. The minimum Gasteiger partial charge on any atom is -0.465 e. The van der Waals surface area contributed by atoms with E-state index >= 15 is 0 Å². The molecule has 1 aliphatic rings. The first-order chi connectivity index (χ1) is 16.4. The third-order valence-electron chi connectivity index (χ3n) is 6.06. The summed E-state index contributed by atoms with van der Waals surface area (Å²) < 4.78 is 6.26. The van der Waals surface area contributed by atoms with Gasteiger partial charge in [0.1, 0.15) is 10.0 Å². The number of esters is 1. The van der Waals surface area contributed by atoms with Gasteiger partial charge in [0.15, 0.2) is 5.11 Å². The average molecular weight is 508 g/mol. The van der Waals surface area contributed by atoms with Crippen molar-refractivity contribution >= 4 is 66.9 Å². The number of hydrogen-bond donors (Lipinski definition) is 2. The van der Waals surface area contributed by atoms with Gasteiger partial charge in [0, 0.05) is 16.1 Å². The van der Waals surface area contributed by atoms with Crippen LogP contribution in [0.3, 0.4) is 0 Å². The summed E-state index contributed by atoms with van der Waals surface area (Å²) in [6, 6.07) is 14.4. The predicted octanol–water partition coefficient (Wildman–Crippen LogP) is 7.05. The number of thiazole rings is 1. The van der Waals surface area contributed by atoms with Crippen molar-refractivity contribution in [1.82, 2.24) is 4.98 Å². The van der Waals surface area contributed by atoms with E-state index in [0.717, 1.165) is 51.6 Å². The van der Waals surface area contributed by atoms with Gasteiger partial charge in [-0.15, -0.1) is 22.7 Å². The van der Waals surface area contributed by atoms with Crippen molar-refractivity contribution in [1.29, 1.82) is 0 Å². The molecule has 5 rings (SSSR count). The Morgan fingerprint density at radius 3 is 2.71 bits per heavy atom. The molecule has 1 atom stereocenters. The summed E-state index contributed by atoms with van der Waals surface area (Å²) in [5, 5.41) is 8.67. The molecule has 4 aromatic rings. The van der Waals surface area contributed by atoms with Gasteiger partial charge in [-0.3, -0.25) is 0 Å². The van der Waals surface area contributed by atoms with Crippen molar-refractivity contribution in [3.05, 3.63) is 64.0 Å². The molecule has 0 amide bonds. The molecule has 0 bridgehead atoms. The van der Waals surface area contributed by atoms with Crippen LogP contribution < -0.4 is 10.6 Å². The van der Waals surface area contributed by atoms with E-state index in [1.807, 2.05) is 24.3 Å². The minimum atomic E-state index is -0.312. The van der Waals surface area contributed by atoms with E-state index in [1.54, 1.807) is 22.7 Å². The van der Waals surface area contributed by atoms with Crippen molar-refractivity contribution in [2.75, 3.05) is 17.7 Å². The Morgan fingerprint density at radius 2 is 1.94 bits per heavy atom. The van der Waals surface area contributed by atoms with Crippen LogP contribution in [0.5, 0.6) is 0 Å². The lowest BCUT2D eigenvalue weighted by Gasteiger charge is -2.18. The molecule has 1 aliphatic carbocycles. The quantitative estimate of drug-likeness (QED) is 0.228. The molecular formula is C26H25N3O2S3. The van der Waals surface area contributed by atoms with E-state index in [0.29, 0.717) is 16.6 Å². The second kappa shape index (κ2) is 9.44. The van der Waals surface area contributed by atoms with Crippen molar-refractivity contribution in [3.63, 3.8) is 0 Å². The highest BCUT2D eigenvalue weighted by molar-refractivity contribution is 7.80. The van der Waals surface area contributed by atoms with Crippen LogP contribution in [-0.4, -0.2) is 23.2 Å². The maximum absolute atomic E-state index is 12.5. The van der Waals surface area contributed by atoms with Crippen LogP contribution in [0.2, 0.25) is 0 Å². The molecule has 0 saturated carbocycles. The van der Waals surface area contributed by atoms with Crippen LogP contribution in [0.1, 0.15) is 39.7 Å². The first kappa shape index (κ1) is 23.0. The molecule has 0 aliphatic heterocycles. The number of aryl methyl sites for hydroxylation is 1. The predicted molar refractivity (Wildman–Crippen MR) is 146 cm³/mol. The van der Waals surface area contributed by atoms with Crippen molar-refractivity contribution < 1.29 is 9.53 Å². The van der Waals surface area contributed by atoms with E-state index in [4.69, 9.17) is 21.9 Å². The molecule has 2 aromatic heterocycles. The van der Waals surface area contributed by atoms with Crippen LogP contribution in [0.25, 0.3) is 20.8 Å². The molecule has 2 N–H and O–H groups in total. The van der Waals surface area contributed by atoms with Gasteiger partial charge in [-0.2, -0.15) is 0 Å². The number of rotatable bonds is 4. The molecule has 0 saturated heterocycles. The third kappa shape index (κ3) is 4.58. The number of benzene rings is 2. The molecule has 174 valence electrons. The molecule has 2 heterocycles. The standard InChI is InChI=1S/C26H25N3O2S3/c1-14-4-10-18-20(12-14)33-24(22(18)25(30)31-3)29-26(32)27-17-8-6-16(7-9-17)23-28-19-11-5-15(2)13-21(19)34-23/h5-9,11,13-14H,4,10,12H2,1-3H3,(H2,27,29,32). The summed E-state index contributed by atoms with van der Waals surface area (Å²) in [7, 11) is 1.42. The zero-order valence-electron chi connectivity index (χ0n) is 19.2. The number of hydrogen-bond acceptors (Lipinski definition) is 6. The van der Waals surface area contributed by atoms with Gasteiger partial charge in [-0.1, -0.05) is 13.0 Å². The summed E-state index contributed by atoms with van der Waals surface area (Å²) in [4.78, 5) is 18.5. The van der Waals surface area contributed by atoms with Crippen LogP contribution >= 0.6 is 34.9 Å². The van der Waals surface area contributed by atoms with Crippen molar-refractivity contribution in [2.45, 2.75) is 33.1 Å². The fraction of sp³-hybridized carbons (Fsp3) is 0.269. The molecule has 34 heavy (non-hydrogen) atoms. The number of methoxy groups -OCH3 is 1. The molecule has 0 radical (unpaired) electrons. The van der Waals surface area contributed by atoms with Gasteiger partial charge in [-0.05, 0) is 91.8 Å². The number of fused-ring (bicyclic) bond motifs is 2. The molecule has 1 unspecified atom stereocenters. The first-order valence-electron chi connectivity index (χ1n) is 11.2. The van der Waals surface area contributed by atoms with Crippen molar-refractivity contribution in [2.24, 2.45) is 5.92 Å². The van der Waals surface area contributed by atoms with Gasteiger partial charge < -0.3 is 15.4 Å². The van der Waals surface area contributed by atoms with Crippen LogP contribution in [0.4, 0.5) is 10.7 Å². The highest BCUT2D eigenvalue weighted by Crippen LogP contribution is 2.40. The first-order valence-corrected chi connectivity index (χ1v) is 13.2. The van der Waals surface area contributed by atoms with Gasteiger partial charge in [-0.25, -0.2) is 9.78 Å². The Hall–Kier alpha value is -2.81. The van der Waals surface area contributed by atoms with Gasteiger partial charge in [0.25, 0.3) is 0 Å². The summed E-state index contributed by atoms with van der Waals surface area (Å²) in [5.74, 6) is 0.306. The molecular weight excluding hydrogens is 483 g/mol. The fourth-order valence-corrected chi connectivity index (χ4v) is 7.03. The number of ether oxygens (including phenoxy) is 1. The number of anilines is 2. The number of nitrogens with zero attached hydrogens (tertiary/aromatic N) is 1. The lowest BCUT2D eigenvalue weighted by Crippen LogP contribution is -2.20. The largest absolute Gasteiger partial charge is 0.465 e. The van der Waals surface area contributed by atoms with Gasteiger partial charge in [0.2, 0.25) is 0 Å². The van der Waals surface area contributed by atoms with E-state index in [2.05, 4.69) is 42.7 Å².